The third-order valence-electron chi connectivity index (χ3n) is 11.2. The average Bonchev–Trinajstić information content (AvgIpc) is 3.34. The number of nitrogens with zero attached hydrogens (tertiary/aromatic N) is 5. The summed E-state index contributed by atoms with van der Waals surface area (Å²) in [5.41, 5.74) is 0.439. The highest BCUT2D eigenvalue weighted by molar-refractivity contribution is 7.90. The van der Waals surface area contributed by atoms with Crippen LogP contribution in [-0.4, -0.2) is 104 Å². The van der Waals surface area contributed by atoms with Crippen LogP contribution in [0.25, 0.3) is 10.9 Å². The van der Waals surface area contributed by atoms with Gasteiger partial charge in [-0.15, -0.1) is 0 Å². The molecule has 0 radical (unpaired) electrons. The van der Waals surface area contributed by atoms with E-state index in [0.29, 0.717) is 56.0 Å². The van der Waals surface area contributed by atoms with Crippen molar-refractivity contribution in [1.82, 2.24) is 24.1 Å². The molecule has 2 atom stereocenters. The lowest BCUT2D eigenvalue weighted by atomic mass is 10.0. The number of ether oxygens (including phenoxy) is 2. The highest BCUT2D eigenvalue weighted by atomic mass is 32.2. The van der Waals surface area contributed by atoms with E-state index in [-0.39, 0.29) is 60.1 Å². The minimum absolute atomic E-state index is 0.0495. The Labute approximate surface area is 339 Å². The number of benzene rings is 3. The van der Waals surface area contributed by atoms with Gasteiger partial charge < -0.3 is 19.7 Å². The number of anilines is 3. The molecule has 59 heavy (non-hydrogen) atoms. The minimum Gasteiger partial charge on any atom is -0.451 e. The molecule has 3 fully saturated rings. The molecule has 3 aliphatic rings. The Kier molecular flexibility index (Phi) is 12.7. The molecule has 4 aromatic rings. The standard InChI is InChI=1S/C40H47F3N8O7S/c1-3-48(2)59(55,56)47-33-10-8-30(41)38(37(33)43)58-28-7-9-32-29(22-28)40(54)51(24-44-32)27-5-4-16-49(19-20-57-23-27)26-14-17-50(18-15-26)35-12-6-25(21-31(35)42)45-34-11-13-36(52)46-39(34)53/h6-10,12,21-22,24,26-27,34,45,47H,3-5,11,13-20,23H2,1-2H3,(H,46,52,53)/t27-,34?/m1/s1. The molecule has 0 aliphatic carbocycles. The summed E-state index contributed by atoms with van der Waals surface area (Å²) in [4.78, 5) is 46.4. The van der Waals surface area contributed by atoms with E-state index >= 15 is 8.78 Å². The maximum Gasteiger partial charge on any atom is 0.301 e. The van der Waals surface area contributed by atoms with Crippen LogP contribution in [0.15, 0.2) is 59.7 Å². The molecule has 316 valence electrons. The fourth-order valence-corrected chi connectivity index (χ4v) is 8.65. The highest BCUT2D eigenvalue weighted by Gasteiger charge is 2.29. The van der Waals surface area contributed by atoms with Crippen LogP contribution in [0.5, 0.6) is 11.5 Å². The van der Waals surface area contributed by atoms with Crippen LogP contribution in [0.1, 0.15) is 51.5 Å². The lowest BCUT2D eigenvalue weighted by Crippen LogP contribution is -2.47. The largest absolute Gasteiger partial charge is 0.451 e. The molecule has 3 saturated heterocycles. The van der Waals surface area contributed by atoms with Gasteiger partial charge in [-0.1, -0.05) is 6.92 Å². The molecule has 1 aromatic heterocycles. The Balaban J connectivity index is 0.968. The van der Waals surface area contributed by atoms with E-state index < -0.39 is 45.2 Å². The second-order valence-electron chi connectivity index (χ2n) is 14.9. The van der Waals surface area contributed by atoms with Crippen LogP contribution < -0.4 is 30.6 Å². The number of carbonyl (C=O) groups is 2. The third kappa shape index (κ3) is 9.48. The minimum atomic E-state index is -4.10. The van der Waals surface area contributed by atoms with Gasteiger partial charge in [-0.05, 0) is 87.2 Å². The first-order valence-corrected chi connectivity index (χ1v) is 21.1. The highest BCUT2D eigenvalue weighted by Crippen LogP contribution is 2.34. The molecule has 0 spiro atoms. The van der Waals surface area contributed by atoms with Crippen molar-refractivity contribution in [2.24, 2.45) is 0 Å². The number of fused-ring (bicyclic) bond motifs is 1. The van der Waals surface area contributed by atoms with Crippen molar-refractivity contribution in [2.75, 3.05) is 67.9 Å². The van der Waals surface area contributed by atoms with Crippen molar-refractivity contribution in [3.8, 4) is 11.5 Å². The van der Waals surface area contributed by atoms with Gasteiger partial charge in [-0.2, -0.15) is 12.7 Å². The van der Waals surface area contributed by atoms with E-state index in [1.54, 1.807) is 19.1 Å². The quantitative estimate of drug-likeness (QED) is 0.178. The lowest BCUT2D eigenvalue weighted by Gasteiger charge is -2.39. The lowest BCUT2D eigenvalue weighted by molar-refractivity contribution is -0.133. The van der Waals surface area contributed by atoms with Crippen LogP contribution in [0, 0.1) is 17.5 Å². The van der Waals surface area contributed by atoms with E-state index in [2.05, 4.69) is 25.2 Å². The molecule has 15 nitrogen and oxygen atoms in total. The van der Waals surface area contributed by atoms with Gasteiger partial charge in [0.25, 0.3) is 5.56 Å². The summed E-state index contributed by atoms with van der Waals surface area (Å²) in [6, 6.07) is 10.3. The van der Waals surface area contributed by atoms with Gasteiger partial charge in [0, 0.05) is 51.4 Å². The second kappa shape index (κ2) is 17.9. The molecule has 7 rings (SSSR count). The smallest absolute Gasteiger partial charge is 0.301 e. The van der Waals surface area contributed by atoms with Gasteiger partial charge >= 0.3 is 10.2 Å². The summed E-state index contributed by atoms with van der Waals surface area (Å²) in [6.07, 6.45) is 5.08. The van der Waals surface area contributed by atoms with E-state index in [0.717, 1.165) is 42.2 Å². The van der Waals surface area contributed by atoms with Crippen LogP contribution in [0.2, 0.25) is 0 Å². The summed E-state index contributed by atoms with van der Waals surface area (Å²) < 4.78 is 86.8. The van der Waals surface area contributed by atoms with Gasteiger partial charge in [-0.25, -0.2) is 18.2 Å². The van der Waals surface area contributed by atoms with Crippen molar-refractivity contribution >= 4 is 50.0 Å². The molecule has 2 amide bonds. The molecular formula is C40H47F3N8O7S. The van der Waals surface area contributed by atoms with Gasteiger partial charge in [-0.3, -0.25) is 33.9 Å². The normalized spacial score (nSPS) is 20.2. The van der Waals surface area contributed by atoms with Crippen LogP contribution >= 0.6 is 0 Å². The van der Waals surface area contributed by atoms with Gasteiger partial charge in [0.05, 0.1) is 47.9 Å². The number of aromatic nitrogens is 2. The molecule has 1 unspecified atom stereocenters. The van der Waals surface area contributed by atoms with Crippen LogP contribution in [-0.2, 0) is 24.5 Å². The zero-order valence-corrected chi connectivity index (χ0v) is 33.6. The number of carbonyl (C=O) groups excluding carboxylic acids is 2. The SMILES string of the molecule is CCN(C)S(=O)(=O)Nc1ccc(F)c(Oc2ccc3ncn([C@@H]4CCCN(C5CCN(c6ccc(NC7CCC(=O)NC7=O)cc6F)CC5)CCOC4)c(=O)c3c2)c1F. The van der Waals surface area contributed by atoms with Crippen molar-refractivity contribution in [3.63, 3.8) is 0 Å². The Morgan fingerprint density at radius 1 is 0.949 bits per heavy atom. The first-order chi connectivity index (χ1) is 28.3. The van der Waals surface area contributed by atoms with Crippen LogP contribution in [0.3, 0.4) is 0 Å². The maximum absolute atomic E-state index is 15.4. The van der Waals surface area contributed by atoms with Gasteiger partial charge in [0.2, 0.25) is 17.6 Å². The average molecular weight is 841 g/mol. The predicted molar refractivity (Wildman–Crippen MR) is 215 cm³/mol. The van der Waals surface area contributed by atoms with Gasteiger partial charge in [0.1, 0.15) is 17.6 Å². The molecule has 3 N–H and O–H groups in total. The van der Waals surface area contributed by atoms with Crippen molar-refractivity contribution in [2.45, 2.75) is 63.6 Å². The monoisotopic (exact) mass is 840 g/mol. The van der Waals surface area contributed by atoms with Crippen molar-refractivity contribution in [3.05, 3.63) is 82.7 Å². The molecular weight excluding hydrogens is 794 g/mol. The zero-order chi connectivity index (χ0) is 41.8. The molecule has 3 aromatic carbocycles. The molecule has 0 saturated carbocycles. The van der Waals surface area contributed by atoms with Crippen LogP contribution in [0.4, 0.5) is 30.2 Å². The number of halogens is 3. The first-order valence-electron chi connectivity index (χ1n) is 19.7. The fraction of sp³-hybridized carbons (Fsp3) is 0.450. The molecule has 19 heteroatoms. The van der Waals surface area contributed by atoms with E-state index in [1.807, 2.05) is 4.90 Å². The maximum atomic E-state index is 15.4. The molecule has 0 bridgehead atoms. The fourth-order valence-electron chi connectivity index (χ4n) is 7.72. The summed E-state index contributed by atoms with van der Waals surface area (Å²) in [7, 11) is -2.79. The molecule has 4 heterocycles. The van der Waals surface area contributed by atoms with Gasteiger partial charge in [0.15, 0.2) is 11.6 Å². The van der Waals surface area contributed by atoms with E-state index in [4.69, 9.17) is 9.47 Å². The first kappa shape index (κ1) is 41.9. The number of imide groups is 1. The number of nitrogens with one attached hydrogen (secondary N) is 3. The Morgan fingerprint density at radius 2 is 1.75 bits per heavy atom. The van der Waals surface area contributed by atoms with E-state index in [9.17, 15) is 27.2 Å². The number of amides is 2. The number of hydrogen-bond acceptors (Lipinski definition) is 11. The molecule has 3 aliphatic heterocycles. The van der Waals surface area contributed by atoms with Crippen molar-refractivity contribution in [1.29, 1.82) is 0 Å². The number of rotatable bonds is 11. The summed E-state index contributed by atoms with van der Waals surface area (Å²) >= 11 is 0. The summed E-state index contributed by atoms with van der Waals surface area (Å²) in [6.45, 7) is 5.23. The topological polar surface area (TPSA) is 167 Å². The zero-order valence-electron chi connectivity index (χ0n) is 32.8. The predicted octanol–water partition coefficient (Wildman–Crippen LogP) is 4.75. The van der Waals surface area contributed by atoms with Crippen molar-refractivity contribution < 1.29 is 40.7 Å². The Hall–Kier alpha value is -5.24. The number of hydrogen-bond donors (Lipinski definition) is 3. The number of piperidine rings is 2. The summed E-state index contributed by atoms with van der Waals surface area (Å²) in [5.74, 6) is -4.33. The Morgan fingerprint density at radius 3 is 2.49 bits per heavy atom. The Bertz CT molecular complexity index is 2380. The second-order valence-corrected chi connectivity index (χ2v) is 16.7. The summed E-state index contributed by atoms with van der Waals surface area (Å²) in [5, 5.41) is 5.49. The third-order valence-corrected chi connectivity index (χ3v) is 12.7. The van der Waals surface area contributed by atoms with E-state index in [1.165, 1.54) is 42.2 Å².